The predicted octanol–water partition coefficient (Wildman–Crippen LogP) is 2.02. The Labute approximate surface area is 100 Å². The van der Waals surface area contributed by atoms with Crippen molar-refractivity contribution in [3.63, 3.8) is 0 Å². The molecule has 0 aromatic rings. The fraction of sp³-hybridized carbons (Fsp3) is 0.909. The number of alkyl halides is 2. The SMILES string of the molecule is CCCOCCOCCCC(=O)C(F)(F)OC. The Kier molecular flexibility index (Phi) is 9.11. The van der Waals surface area contributed by atoms with Crippen molar-refractivity contribution < 1.29 is 27.8 Å². The Morgan fingerprint density at radius 2 is 1.71 bits per heavy atom. The van der Waals surface area contributed by atoms with E-state index in [1.54, 1.807) is 0 Å². The maximum absolute atomic E-state index is 12.6. The Hall–Kier alpha value is -0.590. The minimum absolute atomic E-state index is 0.253. The van der Waals surface area contributed by atoms with Crippen LogP contribution in [0.4, 0.5) is 8.78 Å². The molecule has 0 heterocycles. The molecule has 0 aromatic carbocycles. The van der Waals surface area contributed by atoms with E-state index in [4.69, 9.17) is 9.47 Å². The Balaban J connectivity index is 3.37. The molecule has 0 aromatic heterocycles. The lowest BCUT2D eigenvalue weighted by atomic mass is 10.2. The van der Waals surface area contributed by atoms with Crippen LogP contribution < -0.4 is 0 Å². The largest absolute Gasteiger partial charge is 0.415 e. The molecule has 0 spiro atoms. The molecule has 0 rings (SSSR count). The number of hydrogen-bond acceptors (Lipinski definition) is 4. The first kappa shape index (κ1) is 16.4. The van der Waals surface area contributed by atoms with Gasteiger partial charge in [-0.05, 0) is 12.8 Å². The summed E-state index contributed by atoms with van der Waals surface area (Å²) >= 11 is 0. The first-order valence-electron chi connectivity index (χ1n) is 5.66. The van der Waals surface area contributed by atoms with Crippen molar-refractivity contribution in [1.29, 1.82) is 0 Å². The summed E-state index contributed by atoms with van der Waals surface area (Å²) in [6.45, 7) is 3.84. The van der Waals surface area contributed by atoms with Gasteiger partial charge in [-0.25, -0.2) is 0 Å². The van der Waals surface area contributed by atoms with Gasteiger partial charge in [-0.3, -0.25) is 4.79 Å². The zero-order valence-corrected chi connectivity index (χ0v) is 10.3. The second kappa shape index (κ2) is 9.44. The molecule has 0 amide bonds. The predicted molar refractivity (Wildman–Crippen MR) is 58.1 cm³/mol. The van der Waals surface area contributed by atoms with E-state index < -0.39 is 11.9 Å². The molecule has 0 bridgehead atoms. The Morgan fingerprint density at radius 1 is 1.12 bits per heavy atom. The van der Waals surface area contributed by atoms with E-state index in [-0.39, 0.29) is 19.4 Å². The van der Waals surface area contributed by atoms with Gasteiger partial charge in [0.1, 0.15) is 0 Å². The Bertz CT molecular complexity index is 210. The molecule has 4 nitrogen and oxygen atoms in total. The summed E-state index contributed by atoms with van der Waals surface area (Å²) in [4.78, 5) is 10.9. The van der Waals surface area contributed by atoms with E-state index in [1.165, 1.54) is 0 Å². The van der Waals surface area contributed by atoms with Crippen LogP contribution >= 0.6 is 0 Å². The molecule has 0 atom stereocenters. The number of carbonyl (C=O) groups is 1. The van der Waals surface area contributed by atoms with Gasteiger partial charge in [0, 0.05) is 26.7 Å². The molecule has 0 aliphatic rings. The van der Waals surface area contributed by atoms with Gasteiger partial charge in [-0.1, -0.05) is 6.92 Å². The van der Waals surface area contributed by atoms with Gasteiger partial charge >= 0.3 is 6.11 Å². The van der Waals surface area contributed by atoms with Crippen LogP contribution in [0.5, 0.6) is 0 Å². The number of halogens is 2. The second-order valence-corrected chi connectivity index (χ2v) is 3.47. The van der Waals surface area contributed by atoms with Crippen LogP contribution in [-0.2, 0) is 19.0 Å². The highest BCUT2D eigenvalue weighted by Gasteiger charge is 2.37. The lowest BCUT2D eigenvalue weighted by Gasteiger charge is -2.11. The van der Waals surface area contributed by atoms with Crippen LogP contribution in [0, 0.1) is 0 Å². The van der Waals surface area contributed by atoms with Gasteiger partial charge in [0.15, 0.2) is 0 Å². The summed E-state index contributed by atoms with van der Waals surface area (Å²) in [6.07, 6.45) is -2.73. The highest BCUT2D eigenvalue weighted by atomic mass is 19.3. The maximum atomic E-state index is 12.6. The summed E-state index contributed by atoms with van der Waals surface area (Å²) in [7, 11) is 0.805. The van der Waals surface area contributed by atoms with Gasteiger partial charge in [0.2, 0.25) is 5.78 Å². The molecule has 0 radical (unpaired) electrons. The van der Waals surface area contributed by atoms with E-state index >= 15 is 0 Å². The molecule has 102 valence electrons. The summed E-state index contributed by atoms with van der Waals surface area (Å²) < 4.78 is 39.3. The van der Waals surface area contributed by atoms with Crippen LogP contribution in [0.3, 0.4) is 0 Å². The fourth-order valence-electron chi connectivity index (χ4n) is 1.06. The molecule has 17 heavy (non-hydrogen) atoms. The minimum Gasteiger partial charge on any atom is -0.379 e. The highest BCUT2D eigenvalue weighted by molar-refractivity contribution is 5.84. The standard InChI is InChI=1S/C11H20F2O4/c1-3-6-16-8-9-17-7-4-5-10(14)11(12,13)15-2/h3-9H2,1-2H3. The van der Waals surface area contributed by atoms with Crippen molar-refractivity contribution >= 4 is 5.78 Å². The van der Waals surface area contributed by atoms with Gasteiger partial charge in [-0.2, -0.15) is 8.78 Å². The molecule has 0 saturated carbocycles. The quantitative estimate of drug-likeness (QED) is 0.529. The second-order valence-electron chi connectivity index (χ2n) is 3.47. The molecular weight excluding hydrogens is 234 g/mol. The minimum atomic E-state index is -3.68. The van der Waals surface area contributed by atoms with Crippen molar-refractivity contribution in [1.82, 2.24) is 0 Å². The highest BCUT2D eigenvalue weighted by Crippen LogP contribution is 2.17. The van der Waals surface area contributed by atoms with Crippen LogP contribution in [0.25, 0.3) is 0 Å². The zero-order valence-electron chi connectivity index (χ0n) is 10.3. The topological polar surface area (TPSA) is 44.8 Å². The van der Waals surface area contributed by atoms with Crippen molar-refractivity contribution in [2.75, 3.05) is 33.5 Å². The van der Waals surface area contributed by atoms with Crippen LogP contribution in [0.1, 0.15) is 26.2 Å². The summed E-state index contributed by atoms with van der Waals surface area (Å²) in [5.41, 5.74) is 0. The lowest BCUT2D eigenvalue weighted by molar-refractivity contribution is -0.217. The van der Waals surface area contributed by atoms with Crippen molar-refractivity contribution in [3.8, 4) is 0 Å². The van der Waals surface area contributed by atoms with E-state index in [9.17, 15) is 13.6 Å². The number of methoxy groups -OCH3 is 1. The summed E-state index contributed by atoms with van der Waals surface area (Å²) in [6, 6.07) is 0. The molecule has 6 heteroatoms. The Morgan fingerprint density at radius 3 is 2.24 bits per heavy atom. The number of carbonyl (C=O) groups excluding carboxylic acids is 1. The molecule has 0 unspecified atom stereocenters. The first-order valence-corrected chi connectivity index (χ1v) is 5.66. The lowest BCUT2D eigenvalue weighted by Crippen LogP contribution is -2.30. The van der Waals surface area contributed by atoms with E-state index in [2.05, 4.69) is 4.74 Å². The third-order valence-corrected chi connectivity index (χ3v) is 1.99. The number of ketones is 1. The zero-order chi connectivity index (χ0) is 13.1. The molecular formula is C11H20F2O4. The smallest absolute Gasteiger partial charge is 0.379 e. The fourth-order valence-corrected chi connectivity index (χ4v) is 1.06. The van der Waals surface area contributed by atoms with Crippen LogP contribution in [-0.4, -0.2) is 45.4 Å². The van der Waals surface area contributed by atoms with Crippen molar-refractivity contribution in [3.05, 3.63) is 0 Å². The molecule has 0 fully saturated rings. The number of hydrogen-bond donors (Lipinski definition) is 0. The summed E-state index contributed by atoms with van der Waals surface area (Å²) in [5, 5.41) is 0. The van der Waals surface area contributed by atoms with Gasteiger partial charge < -0.3 is 14.2 Å². The average molecular weight is 254 g/mol. The normalized spacial score (nSPS) is 11.8. The molecule has 0 N–H and O–H groups in total. The average Bonchev–Trinajstić information content (AvgIpc) is 2.32. The van der Waals surface area contributed by atoms with Crippen LogP contribution in [0.2, 0.25) is 0 Å². The van der Waals surface area contributed by atoms with Crippen molar-refractivity contribution in [2.24, 2.45) is 0 Å². The van der Waals surface area contributed by atoms with E-state index in [0.717, 1.165) is 13.5 Å². The van der Waals surface area contributed by atoms with Gasteiger partial charge in [-0.15, -0.1) is 0 Å². The van der Waals surface area contributed by atoms with Crippen LogP contribution in [0.15, 0.2) is 0 Å². The number of Topliss-reactive ketones (excluding diaryl/α,β-unsaturated/α-hetero) is 1. The third-order valence-electron chi connectivity index (χ3n) is 1.99. The van der Waals surface area contributed by atoms with Gasteiger partial charge in [0.05, 0.1) is 13.2 Å². The molecule has 0 aliphatic heterocycles. The van der Waals surface area contributed by atoms with Gasteiger partial charge in [0.25, 0.3) is 0 Å². The molecule has 0 aliphatic carbocycles. The van der Waals surface area contributed by atoms with E-state index in [0.29, 0.717) is 19.8 Å². The summed E-state index contributed by atoms with van der Waals surface area (Å²) in [5.74, 6) is -1.22. The molecule has 0 saturated heterocycles. The van der Waals surface area contributed by atoms with E-state index in [1.807, 2.05) is 6.92 Å². The first-order chi connectivity index (χ1) is 8.04. The maximum Gasteiger partial charge on any atom is 0.415 e. The monoisotopic (exact) mass is 254 g/mol. The number of ether oxygens (including phenoxy) is 3. The number of rotatable bonds is 11. The van der Waals surface area contributed by atoms with Crippen molar-refractivity contribution in [2.45, 2.75) is 32.3 Å². The third kappa shape index (κ3) is 8.18.